The zero-order valence-corrected chi connectivity index (χ0v) is 19.8. The number of benzene rings is 2. The van der Waals surface area contributed by atoms with E-state index in [9.17, 15) is 9.59 Å². The number of hydrogen-bond donors (Lipinski definition) is 2. The summed E-state index contributed by atoms with van der Waals surface area (Å²) in [7, 11) is 0. The molecular formula is C25H27BrN2O5. The molecule has 4 rings (SSSR count). The number of rotatable bonds is 7. The van der Waals surface area contributed by atoms with E-state index in [4.69, 9.17) is 14.7 Å². The van der Waals surface area contributed by atoms with Crippen molar-refractivity contribution in [2.24, 2.45) is 5.92 Å². The van der Waals surface area contributed by atoms with E-state index in [0.717, 1.165) is 40.0 Å². The summed E-state index contributed by atoms with van der Waals surface area (Å²) in [4.78, 5) is 21.7. The zero-order valence-electron chi connectivity index (χ0n) is 18.2. The lowest BCUT2D eigenvalue weighted by Gasteiger charge is -2.31. The van der Waals surface area contributed by atoms with Crippen molar-refractivity contribution in [3.8, 4) is 0 Å². The van der Waals surface area contributed by atoms with Gasteiger partial charge in [0, 0.05) is 28.6 Å². The summed E-state index contributed by atoms with van der Waals surface area (Å²) in [5.41, 5.74) is 3.40. The number of aliphatic carboxylic acids is 2. The second-order valence-electron chi connectivity index (χ2n) is 8.02. The van der Waals surface area contributed by atoms with Crippen LogP contribution in [0.5, 0.6) is 0 Å². The summed E-state index contributed by atoms with van der Waals surface area (Å²) >= 11 is 3.48. The fraction of sp³-hybridized carbons (Fsp3) is 0.320. The predicted molar refractivity (Wildman–Crippen MR) is 129 cm³/mol. The number of nitrogens with zero attached hydrogens (tertiary/aromatic N) is 2. The quantitative estimate of drug-likeness (QED) is 0.420. The highest BCUT2D eigenvalue weighted by atomic mass is 79.9. The number of hydrogen-bond acceptors (Lipinski definition) is 5. The van der Waals surface area contributed by atoms with Crippen LogP contribution in [0.2, 0.25) is 0 Å². The molecule has 1 aliphatic heterocycles. The molecule has 0 saturated carbocycles. The minimum atomic E-state index is -1.26. The maximum atomic E-state index is 9.55. The monoisotopic (exact) mass is 514 g/mol. The van der Waals surface area contributed by atoms with Gasteiger partial charge in [0.05, 0.1) is 5.69 Å². The Hall–Kier alpha value is -2.97. The molecule has 0 atom stereocenters. The Labute approximate surface area is 200 Å². The number of aromatic nitrogens is 1. The van der Waals surface area contributed by atoms with Gasteiger partial charge >= 0.3 is 11.9 Å². The molecule has 0 unspecified atom stereocenters. The minimum Gasteiger partial charge on any atom is -0.478 e. The van der Waals surface area contributed by atoms with Gasteiger partial charge in [-0.15, -0.1) is 0 Å². The van der Waals surface area contributed by atoms with Gasteiger partial charge in [-0.05, 0) is 68.5 Å². The Morgan fingerprint density at radius 2 is 1.73 bits per heavy atom. The molecule has 0 spiro atoms. The maximum absolute atomic E-state index is 9.55. The van der Waals surface area contributed by atoms with Gasteiger partial charge in [-0.2, -0.15) is 0 Å². The van der Waals surface area contributed by atoms with Crippen molar-refractivity contribution >= 4 is 38.8 Å². The van der Waals surface area contributed by atoms with E-state index in [1.54, 1.807) is 0 Å². The molecule has 0 amide bonds. The van der Waals surface area contributed by atoms with Crippen LogP contribution in [0.4, 0.5) is 0 Å². The minimum absolute atomic E-state index is 0.558. The van der Waals surface area contributed by atoms with E-state index < -0.39 is 11.9 Å². The Morgan fingerprint density at radius 1 is 1.06 bits per heavy atom. The average Bonchev–Trinajstić information content (AvgIpc) is 3.20. The molecule has 2 N–H and O–H groups in total. The topological polar surface area (TPSA) is 104 Å². The normalized spacial score (nSPS) is 14.8. The third kappa shape index (κ3) is 8.14. The Bertz CT molecular complexity index is 1070. The van der Waals surface area contributed by atoms with E-state index in [1.807, 2.05) is 6.07 Å². The standard InChI is InChI=1S/C21H23BrN2O.C4H4O4/c22-18-7-8-19-20(23-25-21(19)14-18)9-6-16-10-12-24(13-11-16)15-17-4-2-1-3-5-17;5-3(6)1-2-4(7)8/h1-5,7-8,14,16H,6,9-13,15H2;1-2H,(H,5,6)(H,7,8)/b;2-1-. The fourth-order valence-corrected chi connectivity index (χ4v) is 4.24. The number of halogens is 1. The molecule has 0 aliphatic carbocycles. The van der Waals surface area contributed by atoms with Crippen LogP contribution in [0.15, 0.2) is 69.7 Å². The highest BCUT2D eigenvalue weighted by Crippen LogP contribution is 2.27. The van der Waals surface area contributed by atoms with Crippen LogP contribution in [0, 0.1) is 5.92 Å². The van der Waals surface area contributed by atoms with Crippen molar-refractivity contribution in [2.75, 3.05) is 13.1 Å². The summed E-state index contributed by atoms with van der Waals surface area (Å²) in [6.45, 7) is 3.48. The molecule has 2 heterocycles. The first-order valence-electron chi connectivity index (χ1n) is 10.8. The van der Waals surface area contributed by atoms with Crippen molar-refractivity contribution < 1.29 is 24.3 Å². The smallest absolute Gasteiger partial charge is 0.328 e. The summed E-state index contributed by atoms with van der Waals surface area (Å²) in [5, 5.41) is 21.1. The van der Waals surface area contributed by atoms with Crippen molar-refractivity contribution in [3.05, 3.63) is 76.4 Å². The van der Waals surface area contributed by atoms with Gasteiger partial charge in [0.15, 0.2) is 5.58 Å². The molecule has 174 valence electrons. The first-order valence-corrected chi connectivity index (χ1v) is 11.6. The van der Waals surface area contributed by atoms with Crippen LogP contribution in [0.3, 0.4) is 0 Å². The third-order valence-electron chi connectivity index (χ3n) is 5.62. The van der Waals surface area contributed by atoms with Gasteiger partial charge in [-0.1, -0.05) is 51.4 Å². The first kappa shape index (κ1) is 24.7. The summed E-state index contributed by atoms with van der Waals surface area (Å²) in [6, 6.07) is 16.9. The Morgan fingerprint density at radius 3 is 2.36 bits per heavy atom. The first-order chi connectivity index (χ1) is 15.9. The van der Waals surface area contributed by atoms with Crippen molar-refractivity contribution in [1.82, 2.24) is 10.1 Å². The third-order valence-corrected chi connectivity index (χ3v) is 6.12. The van der Waals surface area contributed by atoms with E-state index in [1.165, 1.54) is 37.9 Å². The Kier molecular flexibility index (Phi) is 9.21. The predicted octanol–water partition coefficient (Wildman–Crippen LogP) is 5.15. The van der Waals surface area contributed by atoms with E-state index in [-0.39, 0.29) is 0 Å². The van der Waals surface area contributed by atoms with Crippen LogP contribution >= 0.6 is 15.9 Å². The van der Waals surface area contributed by atoms with Crippen molar-refractivity contribution in [2.45, 2.75) is 32.2 Å². The van der Waals surface area contributed by atoms with Crippen LogP contribution in [-0.2, 0) is 22.6 Å². The summed E-state index contributed by atoms with van der Waals surface area (Å²) in [5.74, 6) is -1.71. The van der Waals surface area contributed by atoms with Gasteiger partial charge in [-0.25, -0.2) is 9.59 Å². The van der Waals surface area contributed by atoms with Crippen molar-refractivity contribution in [3.63, 3.8) is 0 Å². The molecular weight excluding hydrogens is 488 g/mol. The number of likely N-dealkylation sites (tertiary alicyclic amines) is 1. The van der Waals surface area contributed by atoms with E-state index in [0.29, 0.717) is 12.2 Å². The lowest BCUT2D eigenvalue weighted by molar-refractivity contribution is -0.134. The lowest BCUT2D eigenvalue weighted by atomic mass is 9.91. The number of carboxylic acid groups (broad SMARTS) is 2. The molecule has 3 aromatic rings. The molecule has 2 aromatic carbocycles. The number of carboxylic acids is 2. The zero-order chi connectivity index (χ0) is 23.6. The molecule has 1 aromatic heterocycles. The molecule has 0 bridgehead atoms. The number of piperidine rings is 1. The van der Waals surface area contributed by atoms with Crippen LogP contribution < -0.4 is 0 Å². The molecule has 1 saturated heterocycles. The van der Waals surface area contributed by atoms with Crippen LogP contribution in [-0.4, -0.2) is 45.3 Å². The number of aryl methyl sites for hydroxylation is 1. The summed E-state index contributed by atoms with van der Waals surface area (Å²) in [6.07, 6.45) is 5.90. The van der Waals surface area contributed by atoms with Crippen LogP contribution in [0.1, 0.15) is 30.5 Å². The molecule has 8 heteroatoms. The van der Waals surface area contributed by atoms with Gasteiger partial charge in [0.25, 0.3) is 0 Å². The van der Waals surface area contributed by atoms with Crippen LogP contribution in [0.25, 0.3) is 11.0 Å². The Balaban J connectivity index is 0.000000331. The lowest BCUT2D eigenvalue weighted by Crippen LogP contribution is -2.33. The molecule has 7 nitrogen and oxygen atoms in total. The highest BCUT2D eigenvalue weighted by Gasteiger charge is 2.20. The second-order valence-corrected chi connectivity index (χ2v) is 8.94. The van der Waals surface area contributed by atoms with Gasteiger partial charge in [-0.3, -0.25) is 4.90 Å². The van der Waals surface area contributed by atoms with Gasteiger partial charge in [0.2, 0.25) is 0 Å². The second kappa shape index (κ2) is 12.3. The summed E-state index contributed by atoms with van der Waals surface area (Å²) < 4.78 is 6.50. The van der Waals surface area contributed by atoms with E-state index >= 15 is 0 Å². The highest BCUT2D eigenvalue weighted by molar-refractivity contribution is 9.10. The number of fused-ring (bicyclic) bond motifs is 1. The van der Waals surface area contributed by atoms with Gasteiger partial charge in [0.1, 0.15) is 0 Å². The molecule has 33 heavy (non-hydrogen) atoms. The maximum Gasteiger partial charge on any atom is 0.328 e. The van der Waals surface area contributed by atoms with Crippen molar-refractivity contribution in [1.29, 1.82) is 0 Å². The average molecular weight is 515 g/mol. The molecule has 1 aliphatic rings. The van der Waals surface area contributed by atoms with E-state index in [2.05, 4.69) is 68.5 Å². The number of carbonyl (C=O) groups is 2. The molecule has 0 radical (unpaired) electrons. The fourth-order valence-electron chi connectivity index (χ4n) is 3.90. The van der Waals surface area contributed by atoms with Gasteiger partial charge < -0.3 is 14.7 Å². The largest absolute Gasteiger partial charge is 0.478 e. The SMILES string of the molecule is Brc1ccc2c(CCC3CCN(Cc4ccccc4)CC3)noc2c1.O=C(O)/C=C\C(=O)O. The molecule has 1 fully saturated rings.